The summed E-state index contributed by atoms with van der Waals surface area (Å²) in [6.45, 7) is 4.06. The van der Waals surface area contributed by atoms with E-state index in [0.717, 1.165) is 27.4 Å². The highest BCUT2D eigenvalue weighted by molar-refractivity contribution is 7.80. The zero-order valence-electron chi connectivity index (χ0n) is 16.2. The molecule has 0 radical (unpaired) electrons. The van der Waals surface area contributed by atoms with Gasteiger partial charge in [-0.25, -0.2) is 4.79 Å². The number of carbonyl (C=O) groups excluding carboxylic acids is 1. The van der Waals surface area contributed by atoms with E-state index in [4.69, 9.17) is 17.0 Å². The molecule has 1 aliphatic rings. The molecule has 0 fully saturated rings. The van der Waals surface area contributed by atoms with Crippen LogP contribution in [0.25, 0.3) is 21.5 Å². The molecule has 4 rings (SSSR count). The van der Waals surface area contributed by atoms with E-state index in [1.54, 1.807) is 0 Å². The molecule has 142 valence electrons. The van der Waals surface area contributed by atoms with Gasteiger partial charge in [-0.3, -0.25) is 0 Å². The summed E-state index contributed by atoms with van der Waals surface area (Å²) in [5.74, 6) is -0.316. The number of rotatable bonds is 3. The maximum atomic E-state index is 12.9. The number of esters is 1. The first kappa shape index (κ1) is 18.4. The Labute approximate surface area is 169 Å². The molecule has 0 spiro atoms. The standard InChI is InChI=1S/C23H22N2O2S/c1-4-27-22(26)20-14(2)25(3)23(28)24-21(20)19-13-15-9-5-6-10-16(15)17-11-7-8-12-18(17)19/h5-13,21H,4H2,1-3H3,(H,24,28)/t21-/m0/s1. The molecule has 28 heavy (non-hydrogen) atoms. The van der Waals surface area contributed by atoms with E-state index in [2.05, 4.69) is 35.6 Å². The van der Waals surface area contributed by atoms with E-state index in [1.807, 2.05) is 50.1 Å². The van der Waals surface area contributed by atoms with Crippen LogP contribution >= 0.6 is 12.2 Å². The van der Waals surface area contributed by atoms with E-state index in [-0.39, 0.29) is 12.0 Å². The highest BCUT2D eigenvalue weighted by Crippen LogP contribution is 2.37. The lowest BCUT2D eigenvalue weighted by Crippen LogP contribution is -2.46. The van der Waals surface area contributed by atoms with Crippen molar-refractivity contribution in [3.8, 4) is 0 Å². The van der Waals surface area contributed by atoms with Crippen LogP contribution < -0.4 is 5.32 Å². The van der Waals surface area contributed by atoms with Crippen molar-refractivity contribution in [3.05, 3.63) is 71.4 Å². The molecular formula is C23H22N2O2S. The predicted octanol–water partition coefficient (Wildman–Crippen LogP) is 4.69. The molecule has 1 N–H and O–H groups in total. The number of nitrogens with zero attached hydrogens (tertiary/aromatic N) is 1. The van der Waals surface area contributed by atoms with Crippen molar-refractivity contribution in [1.29, 1.82) is 0 Å². The van der Waals surface area contributed by atoms with Crippen LogP contribution in [0, 0.1) is 0 Å². The maximum Gasteiger partial charge on any atom is 0.338 e. The molecule has 0 aliphatic carbocycles. The summed E-state index contributed by atoms with van der Waals surface area (Å²) in [5.41, 5.74) is 2.43. The molecule has 1 atom stereocenters. The molecule has 0 saturated heterocycles. The van der Waals surface area contributed by atoms with Crippen molar-refractivity contribution in [2.75, 3.05) is 13.7 Å². The van der Waals surface area contributed by atoms with Crippen LogP contribution in [0.2, 0.25) is 0 Å². The summed E-state index contributed by atoms with van der Waals surface area (Å²) in [5, 5.41) is 8.52. The van der Waals surface area contributed by atoms with Gasteiger partial charge in [0.1, 0.15) is 0 Å². The zero-order valence-corrected chi connectivity index (χ0v) is 17.0. The summed E-state index contributed by atoms with van der Waals surface area (Å²) in [6.07, 6.45) is 0. The minimum Gasteiger partial charge on any atom is -0.463 e. The van der Waals surface area contributed by atoms with E-state index >= 15 is 0 Å². The second-order valence-electron chi connectivity index (χ2n) is 6.89. The molecule has 3 aromatic carbocycles. The van der Waals surface area contributed by atoms with Crippen LogP contribution in [0.4, 0.5) is 0 Å². The van der Waals surface area contributed by atoms with Gasteiger partial charge in [0.2, 0.25) is 0 Å². The van der Waals surface area contributed by atoms with Gasteiger partial charge in [-0.15, -0.1) is 0 Å². The molecule has 0 unspecified atom stereocenters. The van der Waals surface area contributed by atoms with Gasteiger partial charge >= 0.3 is 5.97 Å². The maximum absolute atomic E-state index is 12.9. The number of hydrogen-bond donors (Lipinski definition) is 1. The van der Waals surface area contributed by atoms with Crippen LogP contribution in [0.3, 0.4) is 0 Å². The Hall–Kier alpha value is -2.92. The lowest BCUT2D eigenvalue weighted by Gasteiger charge is -2.36. The van der Waals surface area contributed by atoms with Gasteiger partial charge in [-0.2, -0.15) is 0 Å². The van der Waals surface area contributed by atoms with Crippen LogP contribution in [-0.2, 0) is 9.53 Å². The van der Waals surface area contributed by atoms with Crippen molar-refractivity contribution in [2.24, 2.45) is 0 Å². The average Bonchev–Trinajstić information content (AvgIpc) is 2.71. The van der Waals surface area contributed by atoms with Gasteiger partial charge in [0, 0.05) is 12.7 Å². The van der Waals surface area contributed by atoms with Gasteiger partial charge in [-0.1, -0.05) is 48.5 Å². The predicted molar refractivity (Wildman–Crippen MR) is 117 cm³/mol. The first-order valence-corrected chi connectivity index (χ1v) is 9.76. The number of carbonyl (C=O) groups is 1. The van der Waals surface area contributed by atoms with E-state index in [1.165, 1.54) is 5.39 Å². The van der Waals surface area contributed by atoms with Gasteiger partial charge in [0.15, 0.2) is 5.11 Å². The van der Waals surface area contributed by atoms with Gasteiger partial charge in [-0.05, 0) is 59.2 Å². The van der Waals surface area contributed by atoms with Gasteiger partial charge < -0.3 is 15.0 Å². The van der Waals surface area contributed by atoms with E-state index in [0.29, 0.717) is 17.3 Å². The smallest absolute Gasteiger partial charge is 0.338 e. The Morgan fingerprint density at radius 3 is 2.46 bits per heavy atom. The lowest BCUT2D eigenvalue weighted by molar-refractivity contribution is -0.139. The second-order valence-corrected chi connectivity index (χ2v) is 7.28. The minimum atomic E-state index is -0.364. The summed E-state index contributed by atoms with van der Waals surface area (Å²) >= 11 is 5.53. The van der Waals surface area contributed by atoms with Gasteiger partial charge in [0.05, 0.1) is 18.2 Å². The Kier molecular flexibility index (Phi) is 4.77. The Morgan fingerprint density at radius 1 is 1.11 bits per heavy atom. The van der Waals surface area contributed by atoms with Crippen molar-refractivity contribution < 1.29 is 9.53 Å². The van der Waals surface area contributed by atoms with Crippen molar-refractivity contribution in [2.45, 2.75) is 19.9 Å². The van der Waals surface area contributed by atoms with Crippen LogP contribution in [-0.4, -0.2) is 29.6 Å². The Bertz CT molecular complexity index is 1140. The monoisotopic (exact) mass is 390 g/mol. The summed E-state index contributed by atoms with van der Waals surface area (Å²) in [7, 11) is 1.86. The lowest BCUT2D eigenvalue weighted by atomic mass is 9.88. The first-order valence-electron chi connectivity index (χ1n) is 9.35. The van der Waals surface area contributed by atoms with Crippen molar-refractivity contribution >= 4 is 44.8 Å². The first-order chi connectivity index (χ1) is 13.5. The molecule has 0 saturated carbocycles. The number of allylic oxidation sites excluding steroid dienone is 1. The quantitative estimate of drug-likeness (QED) is 0.399. The molecular weight excluding hydrogens is 368 g/mol. The highest BCUT2D eigenvalue weighted by atomic mass is 32.1. The molecule has 5 heteroatoms. The van der Waals surface area contributed by atoms with Crippen LogP contribution in [0.15, 0.2) is 65.9 Å². The summed E-state index contributed by atoms with van der Waals surface area (Å²) in [6, 6.07) is 18.4. The highest BCUT2D eigenvalue weighted by Gasteiger charge is 2.34. The zero-order chi connectivity index (χ0) is 19.8. The number of ether oxygens (including phenoxy) is 1. The Morgan fingerprint density at radius 2 is 1.75 bits per heavy atom. The molecule has 0 amide bonds. The molecule has 3 aromatic rings. The number of hydrogen-bond acceptors (Lipinski definition) is 3. The number of fused-ring (bicyclic) bond motifs is 3. The third-order valence-electron chi connectivity index (χ3n) is 5.36. The van der Waals surface area contributed by atoms with E-state index < -0.39 is 0 Å². The fourth-order valence-electron chi connectivity index (χ4n) is 3.86. The fraction of sp³-hybridized carbons (Fsp3) is 0.217. The summed E-state index contributed by atoms with van der Waals surface area (Å²) in [4.78, 5) is 14.7. The van der Waals surface area contributed by atoms with Crippen LogP contribution in [0.5, 0.6) is 0 Å². The van der Waals surface area contributed by atoms with E-state index in [9.17, 15) is 4.79 Å². The third-order valence-corrected chi connectivity index (χ3v) is 5.75. The average molecular weight is 391 g/mol. The number of thiocarbonyl (C=S) groups is 1. The number of benzene rings is 3. The SMILES string of the molecule is CCOC(=O)C1=C(C)N(C)C(=S)N[C@H]1c1cc2ccccc2c2ccccc12. The molecule has 0 bridgehead atoms. The normalized spacial score (nSPS) is 17.2. The second kappa shape index (κ2) is 7.24. The van der Waals surface area contributed by atoms with Crippen molar-refractivity contribution in [3.63, 3.8) is 0 Å². The largest absolute Gasteiger partial charge is 0.463 e. The summed E-state index contributed by atoms with van der Waals surface area (Å²) < 4.78 is 5.38. The van der Waals surface area contributed by atoms with Gasteiger partial charge in [0.25, 0.3) is 0 Å². The molecule has 4 nitrogen and oxygen atoms in total. The van der Waals surface area contributed by atoms with Crippen molar-refractivity contribution in [1.82, 2.24) is 10.2 Å². The van der Waals surface area contributed by atoms with Crippen LogP contribution in [0.1, 0.15) is 25.5 Å². The topological polar surface area (TPSA) is 41.6 Å². The number of nitrogens with one attached hydrogen (secondary N) is 1. The minimum absolute atomic E-state index is 0.316. The fourth-order valence-corrected chi connectivity index (χ4v) is 4.12. The Balaban J connectivity index is 2.01. The molecule has 1 heterocycles. The molecule has 1 aliphatic heterocycles. The third kappa shape index (κ3) is 2.92. The molecule has 0 aromatic heterocycles.